The topological polar surface area (TPSA) is 42.0 Å². The Morgan fingerprint density at radius 3 is 2.70 bits per heavy atom. The number of aromatic nitrogens is 1. The van der Waals surface area contributed by atoms with Crippen molar-refractivity contribution >= 4 is 17.2 Å². The van der Waals surface area contributed by atoms with E-state index in [2.05, 4.69) is 10.3 Å². The lowest BCUT2D eigenvalue weighted by molar-refractivity contribution is 0.0950. The molecule has 116 valence electrons. The lowest BCUT2D eigenvalue weighted by atomic mass is 10.1. The molecule has 1 aromatic heterocycles. The lowest BCUT2D eigenvalue weighted by Gasteiger charge is -2.07. The fourth-order valence-electron chi connectivity index (χ4n) is 2.35. The molecule has 0 aliphatic rings. The summed E-state index contributed by atoms with van der Waals surface area (Å²) >= 11 is 1.59. The Morgan fingerprint density at radius 2 is 1.91 bits per heavy atom. The predicted molar refractivity (Wildman–Crippen MR) is 94.6 cm³/mol. The van der Waals surface area contributed by atoms with Gasteiger partial charge in [-0.1, -0.05) is 48.0 Å². The Morgan fingerprint density at radius 1 is 1.13 bits per heavy atom. The van der Waals surface area contributed by atoms with Crippen molar-refractivity contribution in [3.63, 3.8) is 0 Å². The summed E-state index contributed by atoms with van der Waals surface area (Å²) in [6.07, 6.45) is 0. The second kappa shape index (κ2) is 6.75. The van der Waals surface area contributed by atoms with Crippen LogP contribution in [0.25, 0.3) is 10.6 Å². The highest BCUT2D eigenvalue weighted by molar-refractivity contribution is 7.13. The Hall–Kier alpha value is -2.46. The molecule has 0 unspecified atom stereocenters. The van der Waals surface area contributed by atoms with E-state index in [4.69, 9.17) is 0 Å². The van der Waals surface area contributed by atoms with Crippen LogP contribution >= 0.6 is 11.3 Å². The first kappa shape index (κ1) is 15.4. The van der Waals surface area contributed by atoms with Crippen molar-refractivity contribution in [2.75, 3.05) is 0 Å². The lowest BCUT2D eigenvalue weighted by Crippen LogP contribution is -2.23. The molecular formula is C19H18N2OS. The fourth-order valence-corrected chi connectivity index (χ4v) is 3.17. The number of amides is 1. The molecule has 1 N–H and O–H groups in total. The van der Waals surface area contributed by atoms with Crippen LogP contribution in [0, 0.1) is 13.8 Å². The van der Waals surface area contributed by atoms with Crippen molar-refractivity contribution in [1.82, 2.24) is 10.3 Å². The zero-order valence-electron chi connectivity index (χ0n) is 13.2. The summed E-state index contributed by atoms with van der Waals surface area (Å²) in [4.78, 5) is 16.9. The van der Waals surface area contributed by atoms with Crippen LogP contribution in [-0.4, -0.2) is 10.9 Å². The quantitative estimate of drug-likeness (QED) is 0.775. The van der Waals surface area contributed by atoms with Crippen molar-refractivity contribution in [3.8, 4) is 10.6 Å². The van der Waals surface area contributed by atoms with Crippen LogP contribution in [0.2, 0.25) is 0 Å². The zero-order chi connectivity index (χ0) is 16.2. The van der Waals surface area contributed by atoms with Crippen LogP contribution in [-0.2, 0) is 6.54 Å². The Kier molecular flexibility index (Phi) is 4.53. The summed E-state index contributed by atoms with van der Waals surface area (Å²) in [5, 5.41) is 5.92. The Bertz CT molecular complexity index is 824. The van der Waals surface area contributed by atoms with E-state index in [1.165, 1.54) is 0 Å². The van der Waals surface area contributed by atoms with Crippen molar-refractivity contribution < 1.29 is 4.79 Å². The Labute approximate surface area is 140 Å². The highest BCUT2D eigenvalue weighted by Crippen LogP contribution is 2.23. The fraction of sp³-hybridized carbons (Fsp3) is 0.158. The molecule has 2 aromatic carbocycles. The molecule has 0 bridgehead atoms. The summed E-state index contributed by atoms with van der Waals surface area (Å²) in [7, 11) is 0. The van der Waals surface area contributed by atoms with Crippen LogP contribution in [0.3, 0.4) is 0 Å². The number of benzene rings is 2. The van der Waals surface area contributed by atoms with E-state index in [0.29, 0.717) is 6.54 Å². The minimum atomic E-state index is -0.0551. The number of carbonyl (C=O) groups is 1. The number of thiazole rings is 1. The third kappa shape index (κ3) is 3.66. The minimum absolute atomic E-state index is 0.0551. The first-order chi connectivity index (χ1) is 11.1. The molecule has 1 amide bonds. The average Bonchev–Trinajstić information content (AvgIpc) is 3.05. The first-order valence-corrected chi connectivity index (χ1v) is 8.37. The van der Waals surface area contributed by atoms with Gasteiger partial charge in [-0.25, -0.2) is 4.98 Å². The van der Waals surface area contributed by atoms with Crippen molar-refractivity contribution in [1.29, 1.82) is 0 Å². The maximum absolute atomic E-state index is 12.3. The van der Waals surface area contributed by atoms with Gasteiger partial charge in [0.1, 0.15) is 5.01 Å². The molecule has 3 rings (SSSR count). The molecule has 0 radical (unpaired) electrons. The van der Waals surface area contributed by atoms with Gasteiger partial charge in [-0.05, 0) is 25.5 Å². The van der Waals surface area contributed by atoms with E-state index in [9.17, 15) is 4.79 Å². The van der Waals surface area contributed by atoms with Gasteiger partial charge in [-0.2, -0.15) is 0 Å². The number of hydrogen-bond acceptors (Lipinski definition) is 3. The van der Waals surface area contributed by atoms with E-state index in [-0.39, 0.29) is 5.91 Å². The van der Waals surface area contributed by atoms with Gasteiger partial charge < -0.3 is 5.32 Å². The largest absolute Gasteiger partial charge is 0.346 e. The highest BCUT2D eigenvalue weighted by atomic mass is 32.1. The minimum Gasteiger partial charge on any atom is -0.346 e. The number of hydrogen-bond donors (Lipinski definition) is 1. The second-order valence-corrected chi connectivity index (χ2v) is 6.37. The van der Waals surface area contributed by atoms with Gasteiger partial charge in [-0.15, -0.1) is 11.3 Å². The van der Waals surface area contributed by atoms with Gasteiger partial charge >= 0.3 is 0 Å². The average molecular weight is 322 g/mol. The molecular weight excluding hydrogens is 304 g/mol. The van der Waals surface area contributed by atoms with E-state index >= 15 is 0 Å². The molecule has 3 aromatic rings. The number of aryl methyl sites for hydroxylation is 2. The van der Waals surface area contributed by atoms with Crippen LogP contribution in [0.5, 0.6) is 0 Å². The third-order valence-electron chi connectivity index (χ3n) is 3.64. The normalized spacial score (nSPS) is 10.5. The van der Waals surface area contributed by atoms with E-state index < -0.39 is 0 Å². The van der Waals surface area contributed by atoms with Gasteiger partial charge in [0.15, 0.2) is 0 Å². The monoisotopic (exact) mass is 322 g/mol. The van der Waals surface area contributed by atoms with Gasteiger partial charge in [0.25, 0.3) is 5.91 Å². The van der Waals surface area contributed by atoms with Gasteiger partial charge in [0, 0.05) is 16.5 Å². The molecule has 4 heteroatoms. The summed E-state index contributed by atoms with van der Waals surface area (Å²) in [6, 6.07) is 16.0. The molecule has 0 saturated carbocycles. The molecule has 0 spiro atoms. The number of nitrogens with one attached hydrogen (secondary N) is 1. The molecule has 3 nitrogen and oxygen atoms in total. The van der Waals surface area contributed by atoms with Crippen LogP contribution in [0.4, 0.5) is 0 Å². The maximum Gasteiger partial charge on any atom is 0.251 e. The van der Waals surface area contributed by atoms with E-state index in [1.807, 2.05) is 67.8 Å². The first-order valence-electron chi connectivity index (χ1n) is 7.49. The highest BCUT2D eigenvalue weighted by Gasteiger charge is 2.10. The Balaban J connectivity index is 1.68. The van der Waals surface area contributed by atoms with Crippen molar-refractivity contribution in [3.05, 3.63) is 76.3 Å². The van der Waals surface area contributed by atoms with Crippen molar-refractivity contribution in [2.24, 2.45) is 0 Å². The smallest absolute Gasteiger partial charge is 0.251 e. The van der Waals surface area contributed by atoms with Gasteiger partial charge in [0.05, 0.1) is 12.2 Å². The van der Waals surface area contributed by atoms with Gasteiger partial charge in [0.2, 0.25) is 0 Å². The third-order valence-corrected chi connectivity index (χ3v) is 4.58. The summed E-state index contributed by atoms with van der Waals surface area (Å²) in [5.74, 6) is -0.0551. The SMILES string of the molecule is Cc1ccc(C)c(C(=O)NCc2csc(-c3ccccc3)n2)c1. The molecule has 0 aliphatic carbocycles. The molecule has 23 heavy (non-hydrogen) atoms. The standard InChI is InChI=1S/C19H18N2OS/c1-13-8-9-14(2)17(10-13)18(22)20-11-16-12-23-19(21-16)15-6-4-3-5-7-15/h3-10,12H,11H2,1-2H3,(H,20,22). The molecule has 1 heterocycles. The van der Waals surface area contributed by atoms with Gasteiger partial charge in [-0.3, -0.25) is 4.79 Å². The molecule has 0 aliphatic heterocycles. The van der Waals surface area contributed by atoms with E-state index in [0.717, 1.165) is 33.0 Å². The molecule has 0 fully saturated rings. The van der Waals surface area contributed by atoms with E-state index in [1.54, 1.807) is 11.3 Å². The van der Waals surface area contributed by atoms with Crippen LogP contribution < -0.4 is 5.32 Å². The number of rotatable bonds is 4. The second-order valence-electron chi connectivity index (χ2n) is 5.51. The molecule has 0 saturated heterocycles. The molecule has 0 atom stereocenters. The summed E-state index contributed by atoms with van der Waals surface area (Å²) in [6.45, 7) is 4.38. The predicted octanol–water partition coefficient (Wildman–Crippen LogP) is 4.36. The number of carbonyl (C=O) groups excluding carboxylic acids is 1. The zero-order valence-corrected chi connectivity index (χ0v) is 14.0. The summed E-state index contributed by atoms with van der Waals surface area (Å²) in [5.41, 5.74) is 4.78. The van der Waals surface area contributed by atoms with Crippen molar-refractivity contribution in [2.45, 2.75) is 20.4 Å². The van der Waals surface area contributed by atoms with Crippen LogP contribution in [0.1, 0.15) is 27.2 Å². The number of nitrogens with zero attached hydrogens (tertiary/aromatic N) is 1. The maximum atomic E-state index is 12.3. The van der Waals surface area contributed by atoms with Crippen LogP contribution in [0.15, 0.2) is 53.9 Å². The summed E-state index contributed by atoms with van der Waals surface area (Å²) < 4.78 is 0.